The maximum atomic E-state index is 12.4. The first-order valence-corrected chi connectivity index (χ1v) is 6.87. The second-order valence-electron chi connectivity index (χ2n) is 5.42. The molecule has 5 heteroatoms. The lowest BCUT2D eigenvalue weighted by molar-refractivity contribution is -0.145. The largest absolute Gasteiger partial charge is 0.480 e. The van der Waals surface area contributed by atoms with Crippen LogP contribution in [-0.2, 0) is 4.79 Å². The molecule has 1 aliphatic rings. The molecule has 0 heterocycles. The molecule has 5 nitrogen and oxygen atoms in total. The van der Waals surface area contributed by atoms with Gasteiger partial charge in [-0.1, -0.05) is 25.3 Å². The van der Waals surface area contributed by atoms with E-state index in [4.69, 9.17) is 5.73 Å². The van der Waals surface area contributed by atoms with Crippen LogP contribution >= 0.6 is 0 Å². The summed E-state index contributed by atoms with van der Waals surface area (Å²) in [6.07, 6.45) is 3.62. The van der Waals surface area contributed by atoms with E-state index in [0.29, 0.717) is 29.7 Å². The Bertz CT molecular complexity index is 534. The summed E-state index contributed by atoms with van der Waals surface area (Å²) in [4.78, 5) is 23.9. The number of nitrogen functional groups attached to an aromatic ring is 1. The second kappa shape index (κ2) is 5.53. The zero-order valence-electron chi connectivity index (χ0n) is 11.6. The van der Waals surface area contributed by atoms with Crippen LogP contribution in [0.15, 0.2) is 18.2 Å². The van der Waals surface area contributed by atoms with Crippen molar-refractivity contribution in [2.24, 2.45) is 0 Å². The van der Waals surface area contributed by atoms with E-state index in [2.05, 4.69) is 5.32 Å². The van der Waals surface area contributed by atoms with Crippen molar-refractivity contribution in [3.05, 3.63) is 29.3 Å². The Morgan fingerprint density at radius 2 is 1.90 bits per heavy atom. The van der Waals surface area contributed by atoms with E-state index in [1.165, 1.54) is 0 Å². The smallest absolute Gasteiger partial charge is 0.329 e. The minimum atomic E-state index is -1.13. The molecule has 1 aromatic carbocycles. The summed E-state index contributed by atoms with van der Waals surface area (Å²) in [7, 11) is 0. The van der Waals surface area contributed by atoms with E-state index < -0.39 is 11.5 Å². The molecule has 0 saturated heterocycles. The molecule has 1 aliphatic carbocycles. The molecule has 1 amide bonds. The Hall–Kier alpha value is -2.04. The maximum Gasteiger partial charge on any atom is 0.329 e. The Balaban J connectivity index is 2.25. The third-order valence-electron chi connectivity index (χ3n) is 4.09. The Morgan fingerprint density at radius 1 is 1.25 bits per heavy atom. The van der Waals surface area contributed by atoms with Gasteiger partial charge in [-0.2, -0.15) is 0 Å². The molecule has 0 bridgehead atoms. The molecule has 1 saturated carbocycles. The number of anilines is 1. The van der Waals surface area contributed by atoms with Gasteiger partial charge in [0.2, 0.25) is 0 Å². The van der Waals surface area contributed by atoms with Crippen LogP contribution in [0.3, 0.4) is 0 Å². The highest BCUT2D eigenvalue weighted by atomic mass is 16.4. The summed E-state index contributed by atoms with van der Waals surface area (Å²) in [6.45, 7) is 1.76. The first-order valence-electron chi connectivity index (χ1n) is 6.87. The van der Waals surface area contributed by atoms with Crippen LogP contribution in [-0.4, -0.2) is 22.5 Å². The van der Waals surface area contributed by atoms with Crippen molar-refractivity contribution in [1.29, 1.82) is 0 Å². The maximum absolute atomic E-state index is 12.4. The van der Waals surface area contributed by atoms with Crippen LogP contribution in [0.2, 0.25) is 0 Å². The van der Waals surface area contributed by atoms with Crippen molar-refractivity contribution in [1.82, 2.24) is 5.32 Å². The highest BCUT2D eigenvalue weighted by molar-refractivity contribution is 5.99. The minimum absolute atomic E-state index is 0.362. The number of amides is 1. The molecule has 0 radical (unpaired) electrons. The number of rotatable bonds is 3. The monoisotopic (exact) mass is 276 g/mol. The molecule has 0 spiro atoms. The molecule has 0 aliphatic heterocycles. The number of hydrogen-bond donors (Lipinski definition) is 3. The zero-order chi connectivity index (χ0) is 14.8. The summed E-state index contributed by atoms with van der Waals surface area (Å²) < 4.78 is 0. The molecule has 2 rings (SSSR count). The Labute approximate surface area is 118 Å². The molecular formula is C15H20N2O3. The Kier molecular flexibility index (Phi) is 3.97. The fraction of sp³-hybridized carbons (Fsp3) is 0.467. The van der Waals surface area contributed by atoms with Crippen LogP contribution < -0.4 is 11.1 Å². The van der Waals surface area contributed by atoms with E-state index in [9.17, 15) is 14.7 Å². The van der Waals surface area contributed by atoms with Gasteiger partial charge in [0.05, 0.1) is 0 Å². The molecule has 1 fully saturated rings. The lowest BCUT2D eigenvalue weighted by Gasteiger charge is -2.34. The van der Waals surface area contributed by atoms with Crippen molar-refractivity contribution >= 4 is 17.6 Å². The SMILES string of the molecule is Cc1c(N)cccc1C(=O)NC1(C(=O)O)CCCCC1. The van der Waals surface area contributed by atoms with Crippen molar-refractivity contribution in [2.75, 3.05) is 5.73 Å². The summed E-state index contributed by atoms with van der Waals surface area (Å²) in [6, 6.07) is 5.09. The number of carbonyl (C=O) groups excluding carboxylic acids is 1. The van der Waals surface area contributed by atoms with Crippen LogP contribution in [0.1, 0.15) is 48.0 Å². The summed E-state index contributed by atoms with van der Waals surface area (Å²) in [5, 5.41) is 12.2. The zero-order valence-corrected chi connectivity index (χ0v) is 11.6. The minimum Gasteiger partial charge on any atom is -0.480 e. The van der Waals surface area contributed by atoms with E-state index >= 15 is 0 Å². The van der Waals surface area contributed by atoms with E-state index in [0.717, 1.165) is 19.3 Å². The van der Waals surface area contributed by atoms with Crippen LogP contribution in [0, 0.1) is 6.92 Å². The lowest BCUT2D eigenvalue weighted by atomic mass is 9.81. The molecule has 0 unspecified atom stereocenters. The molecular weight excluding hydrogens is 256 g/mol. The standard InChI is InChI=1S/C15H20N2O3/c1-10-11(6-5-7-12(10)16)13(18)17-15(14(19)20)8-3-2-4-9-15/h5-7H,2-4,8-9,16H2,1H3,(H,17,18)(H,19,20). The fourth-order valence-electron chi connectivity index (χ4n) is 2.73. The van der Waals surface area contributed by atoms with Gasteiger partial charge >= 0.3 is 5.97 Å². The predicted molar refractivity (Wildman–Crippen MR) is 76.5 cm³/mol. The van der Waals surface area contributed by atoms with Gasteiger partial charge in [0, 0.05) is 11.3 Å². The number of nitrogens with one attached hydrogen (secondary N) is 1. The average molecular weight is 276 g/mol. The lowest BCUT2D eigenvalue weighted by Crippen LogP contribution is -2.55. The number of benzene rings is 1. The normalized spacial score (nSPS) is 17.4. The van der Waals surface area contributed by atoms with Crippen molar-refractivity contribution in [3.63, 3.8) is 0 Å². The van der Waals surface area contributed by atoms with Gasteiger partial charge < -0.3 is 16.2 Å². The number of hydrogen-bond acceptors (Lipinski definition) is 3. The highest BCUT2D eigenvalue weighted by Crippen LogP contribution is 2.29. The van der Waals surface area contributed by atoms with Gasteiger partial charge in [0.25, 0.3) is 5.91 Å². The van der Waals surface area contributed by atoms with Gasteiger partial charge in [-0.05, 0) is 37.5 Å². The van der Waals surface area contributed by atoms with Crippen LogP contribution in [0.25, 0.3) is 0 Å². The average Bonchev–Trinajstić information content (AvgIpc) is 2.42. The third kappa shape index (κ3) is 2.61. The first-order chi connectivity index (χ1) is 9.46. The molecule has 4 N–H and O–H groups in total. The van der Waals surface area contributed by atoms with E-state index in [-0.39, 0.29) is 5.91 Å². The van der Waals surface area contributed by atoms with E-state index in [1.807, 2.05) is 0 Å². The molecule has 20 heavy (non-hydrogen) atoms. The summed E-state index contributed by atoms with van der Waals surface area (Å²) in [5.74, 6) is -1.31. The number of carboxylic acid groups (broad SMARTS) is 1. The molecule has 0 atom stereocenters. The van der Waals surface area contributed by atoms with Gasteiger partial charge in [-0.15, -0.1) is 0 Å². The third-order valence-corrected chi connectivity index (χ3v) is 4.09. The second-order valence-corrected chi connectivity index (χ2v) is 5.42. The summed E-state index contributed by atoms with van der Waals surface area (Å²) in [5.41, 5.74) is 6.31. The van der Waals surface area contributed by atoms with Crippen molar-refractivity contribution in [3.8, 4) is 0 Å². The summed E-state index contributed by atoms with van der Waals surface area (Å²) >= 11 is 0. The van der Waals surface area contributed by atoms with Crippen molar-refractivity contribution < 1.29 is 14.7 Å². The molecule has 108 valence electrons. The van der Waals surface area contributed by atoms with Crippen LogP contribution in [0.4, 0.5) is 5.69 Å². The number of nitrogens with two attached hydrogens (primary N) is 1. The van der Waals surface area contributed by atoms with Crippen molar-refractivity contribution in [2.45, 2.75) is 44.6 Å². The number of carbonyl (C=O) groups is 2. The van der Waals surface area contributed by atoms with Crippen LogP contribution in [0.5, 0.6) is 0 Å². The van der Waals surface area contributed by atoms with Gasteiger partial charge in [0.15, 0.2) is 0 Å². The number of aliphatic carboxylic acids is 1. The first kappa shape index (κ1) is 14.4. The van der Waals surface area contributed by atoms with E-state index in [1.54, 1.807) is 25.1 Å². The Morgan fingerprint density at radius 3 is 2.50 bits per heavy atom. The quantitative estimate of drug-likeness (QED) is 0.737. The van der Waals surface area contributed by atoms with Gasteiger partial charge in [0.1, 0.15) is 5.54 Å². The number of carboxylic acids is 1. The fourth-order valence-corrected chi connectivity index (χ4v) is 2.73. The van der Waals surface area contributed by atoms with Gasteiger partial charge in [-0.3, -0.25) is 4.79 Å². The molecule has 0 aromatic heterocycles. The topological polar surface area (TPSA) is 92.4 Å². The highest BCUT2D eigenvalue weighted by Gasteiger charge is 2.41. The van der Waals surface area contributed by atoms with Gasteiger partial charge in [-0.25, -0.2) is 4.79 Å². The predicted octanol–water partition coefficient (Wildman–Crippen LogP) is 2.09. The molecule has 1 aromatic rings.